The molecule has 10 nitrogen and oxygen atoms in total. The van der Waals surface area contributed by atoms with E-state index in [1.807, 2.05) is 28.2 Å². The topological polar surface area (TPSA) is 122 Å². The average Bonchev–Trinajstić information content (AvgIpc) is 2.73. The molecule has 0 spiro atoms. The minimum Gasteiger partial charge on any atom is -0.478 e. The predicted octanol–water partition coefficient (Wildman–Crippen LogP) is 1.12. The molecule has 2 amide bonds. The van der Waals surface area contributed by atoms with Crippen LogP contribution >= 0.6 is 0 Å². The molecule has 0 fully saturated rings. The number of likely N-dealkylation sites (N-methyl/N-ethyl adjacent to an activating group) is 2. The van der Waals surface area contributed by atoms with Gasteiger partial charge in [0.25, 0.3) is 0 Å². The van der Waals surface area contributed by atoms with Crippen molar-refractivity contribution in [2.45, 2.75) is 32.8 Å². The van der Waals surface area contributed by atoms with Gasteiger partial charge in [-0.15, -0.1) is 0 Å². The summed E-state index contributed by atoms with van der Waals surface area (Å²) in [6, 6.07) is 6.03. The lowest BCUT2D eigenvalue weighted by Gasteiger charge is -2.37. The van der Waals surface area contributed by atoms with Crippen LogP contribution in [0.5, 0.6) is 0 Å². The van der Waals surface area contributed by atoms with Crippen LogP contribution in [0, 0.1) is 0 Å². The van der Waals surface area contributed by atoms with E-state index < -0.39 is 18.0 Å². The summed E-state index contributed by atoms with van der Waals surface area (Å²) in [5.41, 5.74) is -0.0682. The van der Waals surface area contributed by atoms with Gasteiger partial charge < -0.3 is 29.4 Å². The number of nitrogens with one attached hydrogen (secondary N) is 2. The maximum absolute atomic E-state index is 13.0. The third-order valence-electron chi connectivity index (χ3n) is 5.68. The smallest absolute Gasteiger partial charge is 0.339 e. The van der Waals surface area contributed by atoms with Gasteiger partial charge in [-0.1, -0.05) is 12.1 Å². The first-order valence-corrected chi connectivity index (χ1v) is 11.9. The van der Waals surface area contributed by atoms with Crippen LogP contribution in [0.3, 0.4) is 0 Å². The lowest BCUT2D eigenvalue weighted by molar-refractivity contribution is -0.914. The Morgan fingerprint density at radius 3 is 1.66 bits per heavy atom. The number of hydrogen-bond acceptors (Lipinski definition) is 5. The molecule has 0 atom stereocenters. The number of ether oxygens (including phenoxy) is 1. The Kier molecular flexibility index (Phi) is 11.8. The molecule has 0 aromatic heterocycles. The Morgan fingerprint density at radius 1 is 0.829 bits per heavy atom. The van der Waals surface area contributed by atoms with Crippen molar-refractivity contribution in [3.05, 3.63) is 35.4 Å². The molecule has 196 valence electrons. The number of benzene rings is 1. The summed E-state index contributed by atoms with van der Waals surface area (Å²) in [6.45, 7) is 6.66. The number of aromatic carboxylic acids is 1. The number of rotatable bonds is 15. The lowest BCUT2D eigenvalue weighted by atomic mass is 10.1. The normalized spacial score (nSPS) is 11.7. The molecule has 0 aliphatic carbocycles. The van der Waals surface area contributed by atoms with E-state index in [-0.39, 0.29) is 22.9 Å². The van der Waals surface area contributed by atoms with Crippen LogP contribution in [0.1, 0.15) is 47.4 Å². The minimum absolute atomic E-state index is 0.0249. The highest BCUT2D eigenvalue weighted by molar-refractivity contribution is 6.02. The van der Waals surface area contributed by atoms with Gasteiger partial charge in [0.05, 0.1) is 52.4 Å². The van der Waals surface area contributed by atoms with Gasteiger partial charge >= 0.3 is 11.9 Å². The van der Waals surface area contributed by atoms with E-state index in [4.69, 9.17) is 4.74 Å². The van der Waals surface area contributed by atoms with Crippen molar-refractivity contribution in [1.82, 2.24) is 10.6 Å². The van der Waals surface area contributed by atoms with Gasteiger partial charge in [-0.2, -0.15) is 0 Å². The molecule has 1 aromatic rings. The number of carbonyl (C=O) groups is 4. The summed E-state index contributed by atoms with van der Waals surface area (Å²) in [6.07, 6.45) is 1.06. The van der Waals surface area contributed by atoms with Gasteiger partial charge in [0.2, 0.25) is 11.8 Å². The maximum Gasteiger partial charge on any atom is 0.339 e. The monoisotopic (exact) mass is 494 g/mol. The summed E-state index contributed by atoms with van der Waals surface area (Å²) < 4.78 is 7.03. The predicted molar refractivity (Wildman–Crippen MR) is 133 cm³/mol. The standard InChI is InChI=1S/C25H40N4O6/c1-19(30)26-13-9-15-28(3,4)17-21(18-29(5,6)16-10-14-27-20(2)31)35-25(34)23-12-8-7-11-22(23)24(32)33/h7-8,11-12,21H,9-10,13-18H2,1-6H3,(H-2,26,27,30,31,32,33)/p+2. The van der Waals surface area contributed by atoms with Gasteiger partial charge in [0.1, 0.15) is 13.1 Å². The van der Waals surface area contributed by atoms with Crippen molar-refractivity contribution in [3.63, 3.8) is 0 Å². The molecule has 0 radical (unpaired) electrons. The van der Waals surface area contributed by atoms with E-state index >= 15 is 0 Å². The minimum atomic E-state index is -1.18. The summed E-state index contributed by atoms with van der Waals surface area (Å²) in [7, 11) is 8.15. The van der Waals surface area contributed by atoms with Gasteiger partial charge in [-0.25, -0.2) is 9.59 Å². The molecule has 10 heteroatoms. The fourth-order valence-electron chi connectivity index (χ4n) is 4.02. The van der Waals surface area contributed by atoms with Crippen LogP contribution in [0.4, 0.5) is 0 Å². The zero-order valence-electron chi connectivity index (χ0n) is 21.9. The summed E-state index contributed by atoms with van der Waals surface area (Å²) >= 11 is 0. The molecular formula is C25H42N4O6+2. The SMILES string of the molecule is CC(=O)NCCC[N+](C)(C)CC(C[N+](C)(C)CCCNC(C)=O)OC(=O)c1ccccc1C(=O)O. The van der Waals surface area contributed by atoms with Crippen LogP contribution in [0.15, 0.2) is 24.3 Å². The van der Waals surface area contributed by atoms with Crippen molar-refractivity contribution < 1.29 is 38.0 Å². The Morgan fingerprint density at radius 2 is 1.26 bits per heavy atom. The van der Waals surface area contributed by atoms with E-state index in [0.29, 0.717) is 35.1 Å². The number of carbonyl (C=O) groups excluding carboxylic acids is 3. The second-order valence-electron chi connectivity index (χ2n) is 10.2. The lowest BCUT2D eigenvalue weighted by Crippen LogP contribution is -2.54. The highest BCUT2D eigenvalue weighted by atomic mass is 16.5. The molecule has 35 heavy (non-hydrogen) atoms. The Hall–Kier alpha value is -2.98. The van der Waals surface area contributed by atoms with Crippen molar-refractivity contribution >= 4 is 23.8 Å². The molecule has 1 rings (SSSR count). The Bertz CT molecular complexity index is 848. The fraction of sp³-hybridized carbons (Fsp3) is 0.600. The van der Waals surface area contributed by atoms with Crippen LogP contribution in [-0.4, -0.2) is 111 Å². The number of amides is 2. The molecule has 0 aliphatic rings. The molecule has 0 bridgehead atoms. The third kappa shape index (κ3) is 12.3. The molecule has 3 N–H and O–H groups in total. The van der Waals surface area contributed by atoms with Crippen LogP contribution in [0.2, 0.25) is 0 Å². The number of esters is 1. The van der Waals surface area contributed by atoms with Gasteiger partial charge in [-0.3, -0.25) is 9.59 Å². The number of carboxylic acids is 1. The van der Waals surface area contributed by atoms with Crippen molar-refractivity contribution in [1.29, 1.82) is 0 Å². The fourth-order valence-corrected chi connectivity index (χ4v) is 4.02. The van der Waals surface area contributed by atoms with Crippen molar-refractivity contribution in [3.8, 4) is 0 Å². The highest BCUT2D eigenvalue weighted by Gasteiger charge is 2.32. The number of hydrogen-bond donors (Lipinski definition) is 3. The summed E-state index contributed by atoms with van der Waals surface area (Å²) in [5, 5.41) is 15.1. The summed E-state index contributed by atoms with van der Waals surface area (Å²) in [5.74, 6) is -1.99. The molecule has 0 heterocycles. The number of nitrogens with zero attached hydrogens (tertiary/aromatic N) is 2. The van der Waals surface area contributed by atoms with E-state index in [1.165, 1.54) is 26.0 Å². The van der Waals surface area contributed by atoms with Crippen molar-refractivity contribution in [2.24, 2.45) is 0 Å². The first-order valence-electron chi connectivity index (χ1n) is 11.9. The quantitative estimate of drug-likeness (QED) is 0.191. The van der Waals surface area contributed by atoms with E-state index in [9.17, 15) is 24.3 Å². The van der Waals surface area contributed by atoms with Gasteiger partial charge in [-0.05, 0) is 12.1 Å². The van der Waals surface area contributed by atoms with E-state index in [1.54, 1.807) is 12.1 Å². The van der Waals surface area contributed by atoms with E-state index in [2.05, 4.69) is 10.6 Å². The van der Waals surface area contributed by atoms with Crippen LogP contribution in [-0.2, 0) is 14.3 Å². The third-order valence-corrected chi connectivity index (χ3v) is 5.68. The second kappa shape index (κ2) is 13.8. The Balaban J connectivity index is 2.97. The molecule has 0 unspecified atom stereocenters. The molecule has 1 aromatic carbocycles. The maximum atomic E-state index is 13.0. The first kappa shape index (κ1) is 30.1. The van der Waals surface area contributed by atoms with Crippen molar-refractivity contribution in [2.75, 3.05) is 67.5 Å². The molecular weight excluding hydrogens is 452 g/mol. The zero-order valence-corrected chi connectivity index (χ0v) is 21.9. The first-order chi connectivity index (χ1) is 16.2. The molecule has 0 saturated carbocycles. The van der Waals surface area contributed by atoms with Gasteiger partial charge in [0.15, 0.2) is 6.10 Å². The zero-order chi connectivity index (χ0) is 26.6. The van der Waals surface area contributed by atoms with Crippen LogP contribution in [0.25, 0.3) is 0 Å². The largest absolute Gasteiger partial charge is 0.478 e. The second-order valence-corrected chi connectivity index (χ2v) is 10.2. The molecule has 0 aliphatic heterocycles. The number of carboxylic acid groups (broad SMARTS) is 1. The summed E-state index contributed by atoms with van der Waals surface area (Å²) in [4.78, 5) is 46.9. The number of quaternary nitrogens is 2. The van der Waals surface area contributed by atoms with Gasteiger partial charge in [0, 0.05) is 39.8 Å². The Labute approximate surface area is 208 Å². The molecule has 0 saturated heterocycles. The highest BCUT2D eigenvalue weighted by Crippen LogP contribution is 2.15. The van der Waals surface area contributed by atoms with Crippen LogP contribution < -0.4 is 10.6 Å². The van der Waals surface area contributed by atoms with E-state index in [0.717, 1.165) is 25.9 Å². The average molecular weight is 495 g/mol.